The number of ether oxygens (including phenoxy) is 1. The summed E-state index contributed by atoms with van der Waals surface area (Å²) in [6.45, 7) is 9.03. The molecule has 0 aliphatic carbocycles. The predicted octanol–water partition coefficient (Wildman–Crippen LogP) is 0.726. The third-order valence-electron chi connectivity index (χ3n) is 1.88. The summed E-state index contributed by atoms with van der Waals surface area (Å²) in [4.78, 5) is 12.8. The molecule has 1 aliphatic heterocycles. The van der Waals surface area contributed by atoms with Gasteiger partial charge in [0.25, 0.3) is 0 Å². The van der Waals surface area contributed by atoms with Crippen molar-refractivity contribution in [2.75, 3.05) is 19.6 Å². The molecule has 4 nitrogen and oxygen atoms in total. The average molecular weight is 182 g/mol. The maximum Gasteiger partial charge on any atom is 0.317 e. The molecule has 1 heterocycles. The quantitative estimate of drug-likeness (QED) is 0.503. The number of hydrogen-bond donors (Lipinski definition) is 1. The summed E-state index contributed by atoms with van der Waals surface area (Å²) in [6.07, 6.45) is 2.86. The fourth-order valence-electron chi connectivity index (χ4n) is 1.20. The third kappa shape index (κ3) is 2.50. The van der Waals surface area contributed by atoms with E-state index in [4.69, 9.17) is 4.74 Å². The lowest BCUT2D eigenvalue weighted by Crippen LogP contribution is -2.34. The molecule has 0 saturated carbocycles. The molecule has 1 N–H and O–H groups in total. The molecule has 0 spiro atoms. The van der Waals surface area contributed by atoms with E-state index in [1.54, 1.807) is 11.0 Å². The van der Waals surface area contributed by atoms with Gasteiger partial charge in [0.2, 0.25) is 0 Å². The highest BCUT2D eigenvalue weighted by Gasteiger charge is 2.21. The first-order chi connectivity index (χ1) is 6.27. The minimum atomic E-state index is -0.165. The Morgan fingerprint density at radius 2 is 2.46 bits per heavy atom. The molecule has 0 aromatic carbocycles. The van der Waals surface area contributed by atoms with Gasteiger partial charge in [-0.15, -0.1) is 0 Å². The summed E-state index contributed by atoms with van der Waals surface area (Å²) in [7, 11) is 0. The number of carbonyl (C=O) groups excluding carboxylic acids is 1. The van der Waals surface area contributed by atoms with Crippen LogP contribution in [0.15, 0.2) is 25.5 Å². The van der Waals surface area contributed by atoms with Crippen LogP contribution in [0, 0.1) is 0 Å². The van der Waals surface area contributed by atoms with Gasteiger partial charge in [-0.05, 0) is 6.08 Å². The second kappa shape index (κ2) is 4.54. The minimum absolute atomic E-state index is 0.0421. The molecule has 1 rings (SSSR count). The molecule has 1 atom stereocenters. The van der Waals surface area contributed by atoms with Crippen molar-refractivity contribution >= 4 is 6.03 Å². The first kappa shape index (κ1) is 9.64. The van der Waals surface area contributed by atoms with Crippen LogP contribution in [0.25, 0.3) is 0 Å². The van der Waals surface area contributed by atoms with E-state index >= 15 is 0 Å². The summed E-state index contributed by atoms with van der Waals surface area (Å²) in [6, 6.07) is -0.0421. The van der Waals surface area contributed by atoms with Gasteiger partial charge in [0.15, 0.2) is 0 Å². The summed E-state index contributed by atoms with van der Waals surface area (Å²) in [5.41, 5.74) is 0. The minimum Gasteiger partial charge on any atom is -0.493 e. The second-order valence-electron chi connectivity index (χ2n) is 2.75. The van der Waals surface area contributed by atoms with E-state index in [0.29, 0.717) is 13.1 Å². The fourth-order valence-corrected chi connectivity index (χ4v) is 1.20. The average Bonchev–Trinajstić information content (AvgIpc) is 2.51. The molecular weight excluding hydrogens is 168 g/mol. The van der Waals surface area contributed by atoms with Crippen molar-refractivity contribution in [3.63, 3.8) is 0 Å². The molecule has 1 fully saturated rings. The zero-order valence-electron chi connectivity index (χ0n) is 7.53. The van der Waals surface area contributed by atoms with E-state index < -0.39 is 0 Å². The van der Waals surface area contributed by atoms with Crippen LogP contribution in [0.3, 0.4) is 0 Å². The summed E-state index contributed by atoms with van der Waals surface area (Å²) < 4.78 is 5.13. The fraction of sp³-hybridized carbons (Fsp3) is 0.444. The lowest BCUT2D eigenvalue weighted by Gasteiger charge is -2.19. The Morgan fingerprint density at radius 3 is 2.92 bits per heavy atom. The van der Waals surface area contributed by atoms with Crippen molar-refractivity contribution in [2.24, 2.45) is 0 Å². The lowest BCUT2D eigenvalue weighted by molar-refractivity contribution is 0.145. The van der Waals surface area contributed by atoms with Crippen LogP contribution < -0.4 is 5.32 Å². The molecule has 13 heavy (non-hydrogen) atoms. The lowest BCUT2D eigenvalue weighted by atomic mass is 10.3. The molecule has 0 aromatic rings. The number of rotatable bonds is 5. The normalized spacial score (nSPS) is 17.8. The SMILES string of the molecule is C=COC(C=C)CN1CCNC1=O. The standard InChI is InChI=1S/C9H14N2O2/c1-3-8(13-4-2)7-11-6-5-10-9(11)12/h3-4,8H,1-2,5-7H2,(H,10,12). The van der Waals surface area contributed by atoms with Crippen molar-refractivity contribution in [1.82, 2.24) is 10.2 Å². The molecule has 0 bridgehead atoms. The topological polar surface area (TPSA) is 41.6 Å². The number of hydrogen-bond acceptors (Lipinski definition) is 2. The number of nitrogens with one attached hydrogen (secondary N) is 1. The maximum absolute atomic E-state index is 11.1. The Kier molecular flexibility index (Phi) is 3.37. The van der Waals surface area contributed by atoms with Gasteiger partial charge in [0, 0.05) is 13.1 Å². The van der Waals surface area contributed by atoms with Crippen molar-refractivity contribution < 1.29 is 9.53 Å². The zero-order chi connectivity index (χ0) is 9.68. The number of nitrogens with zero attached hydrogens (tertiary/aromatic N) is 1. The Hall–Kier alpha value is -1.45. The molecule has 4 heteroatoms. The largest absolute Gasteiger partial charge is 0.493 e. The van der Waals surface area contributed by atoms with Crippen LogP contribution >= 0.6 is 0 Å². The first-order valence-corrected chi connectivity index (χ1v) is 4.19. The molecule has 2 amide bonds. The van der Waals surface area contributed by atoms with E-state index in [2.05, 4.69) is 18.5 Å². The van der Waals surface area contributed by atoms with Crippen LogP contribution in [0.1, 0.15) is 0 Å². The van der Waals surface area contributed by atoms with Gasteiger partial charge in [0.1, 0.15) is 6.10 Å². The van der Waals surface area contributed by atoms with Crippen LogP contribution in [-0.4, -0.2) is 36.7 Å². The third-order valence-corrected chi connectivity index (χ3v) is 1.88. The van der Waals surface area contributed by atoms with Crippen molar-refractivity contribution in [3.05, 3.63) is 25.5 Å². The van der Waals surface area contributed by atoms with Gasteiger partial charge in [-0.2, -0.15) is 0 Å². The second-order valence-corrected chi connectivity index (χ2v) is 2.75. The zero-order valence-corrected chi connectivity index (χ0v) is 7.53. The maximum atomic E-state index is 11.1. The summed E-state index contributed by atoms with van der Waals surface area (Å²) in [5, 5.41) is 2.71. The molecule has 0 radical (unpaired) electrons. The van der Waals surface area contributed by atoms with Gasteiger partial charge < -0.3 is 15.0 Å². The van der Waals surface area contributed by atoms with E-state index in [0.717, 1.165) is 6.54 Å². The monoisotopic (exact) mass is 182 g/mol. The van der Waals surface area contributed by atoms with Crippen LogP contribution in [-0.2, 0) is 4.74 Å². The number of amides is 2. The summed E-state index contributed by atoms with van der Waals surface area (Å²) in [5.74, 6) is 0. The predicted molar refractivity (Wildman–Crippen MR) is 50.2 cm³/mol. The first-order valence-electron chi connectivity index (χ1n) is 4.19. The Balaban J connectivity index is 2.40. The van der Waals surface area contributed by atoms with Crippen molar-refractivity contribution in [3.8, 4) is 0 Å². The molecule has 1 aliphatic rings. The van der Waals surface area contributed by atoms with Crippen molar-refractivity contribution in [1.29, 1.82) is 0 Å². The highest BCUT2D eigenvalue weighted by molar-refractivity contribution is 5.76. The van der Waals surface area contributed by atoms with Crippen LogP contribution in [0.5, 0.6) is 0 Å². The van der Waals surface area contributed by atoms with Gasteiger partial charge in [-0.1, -0.05) is 13.2 Å². The van der Waals surface area contributed by atoms with E-state index in [9.17, 15) is 4.79 Å². The van der Waals surface area contributed by atoms with E-state index in [-0.39, 0.29) is 12.1 Å². The van der Waals surface area contributed by atoms with E-state index in [1.165, 1.54) is 6.26 Å². The number of urea groups is 1. The van der Waals surface area contributed by atoms with E-state index in [1.807, 2.05) is 0 Å². The highest BCUT2D eigenvalue weighted by atomic mass is 16.5. The van der Waals surface area contributed by atoms with Crippen LogP contribution in [0.4, 0.5) is 4.79 Å². The van der Waals surface area contributed by atoms with Crippen molar-refractivity contribution in [2.45, 2.75) is 6.10 Å². The Labute approximate surface area is 77.9 Å². The smallest absolute Gasteiger partial charge is 0.317 e. The van der Waals surface area contributed by atoms with Gasteiger partial charge in [0.05, 0.1) is 12.8 Å². The molecular formula is C9H14N2O2. The van der Waals surface area contributed by atoms with Crippen LogP contribution in [0.2, 0.25) is 0 Å². The number of carbonyl (C=O) groups is 1. The summed E-state index contributed by atoms with van der Waals surface area (Å²) >= 11 is 0. The van der Waals surface area contributed by atoms with Gasteiger partial charge in [-0.25, -0.2) is 4.79 Å². The van der Waals surface area contributed by atoms with Gasteiger partial charge in [-0.3, -0.25) is 0 Å². The highest BCUT2D eigenvalue weighted by Crippen LogP contribution is 2.02. The molecule has 1 unspecified atom stereocenters. The Bertz CT molecular complexity index is 216. The molecule has 1 saturated heterocycles. The Morgan fingerprint density at radius 1 is 1.69 bits per heavy atom. The van der Waals surface area contributed by atoms with Gasteiger partial charge >= 0.3 is 6.03 Å². The molecule has 0 aromatic heterocycles. The molecule has 72 valence electrons.